The number of halogens is 1. The minimum atomic E-state index is -0.488. The van der Waals surface area contributed by atoms with Crippen LogP contribution in [0.4, 0.5) is 10.1 Å². The molecule has 10 nitrogen and oxygen atoms in total. The van der Waals surface area contributed by atoms with E-state index in [0.29, 0.717) is 23.1 Å². The largest absolute Gasteiger partial charge is 0.354 e. The first-order chi connectivity index (χ1) is 16.4. The van der Waals surface area contributed by atoms with Crippen LogP contribution in [0.1, 0.15) is 5.56 Å². The number of fused-ring (bicyclic) bond motifs is 1. The number of benzene rings is 2. The van der Waals surface area contributed by atoms with Crippen molar-refractivity contribution in [3.63, 3.8) is 0 Å². The van der Waals surface area contributed by atoms with Gasteiger partial charge in [0.25, 0.3) is 11.2 Å². The van der Waals surface area contributed by atoms with E-state index in [0.717, 1.165) is 4.90 Å². The van der Waals surface area contributed by atoms with Crippen molar-refractivity contribution in [2.45, 2.75) is 18.0 Å². The first kappa shape index (κ1) is 23.1. The van der Waals surface area contributed by atoms with Crippen molar-refractivity contribution in [2.24, 2.45) is 0 Å². The number of hydrogen-bond acceptors (Lipinski definition) is 7. The number of thioether (sulfide) groups is 1. The molecule has 0 spiro atoms. The lowest BCUT2D eigenvalue weighted by Gasteiger charge is -2.08. The van der Waals surface area contributed by atoms with Crippen LogP contribution in [0.2, 0.25) is 0 Å². The molecule has 0 saturated carbocycles. The second-order valence-electron chi connectivity index (χ2n) is 7.30. The molecule has 34 heavy (non-hydrogen) atoms. The lowest BCUT2D eigenvalue weighted by molar-refractivity contribution is -0.384. The number of nitro groups is 1. The number of aromatic nitrogens is 4. The Bertz CT molecular complexity index is 1400. The molecule has 1 N–H and O–H groups in total. The third kappa shape index (κ3) is 5.46. The summed E-state index contributed by atoms with van der Waals surface area (Å²) in [7, 11) is 0. The third-order valence-electron chi connectivity index (χ3n) is 4.93. The van der Waals surface area contributed by atoms with Gasteiger partial charge in [-0.2, -0.15) is 5.10 Å². The highest BCUT2D eigenvalue weighted by Gasteiger charge is 2.12. The number of hydrogen-bond donors (Lipinski definition) is 1. The van der Waals surface area contributed by atoms with Gasteiger partial charge in [-0.05, 0) is 29.8 Å². The minimum Gasteiger partial charge on any atom is -0.354 e. The average Bonchev–Trinajstić information content (AvgIpc) is 3.24. The Labute approximate surface area is 196 Å². The molecule has 0 unspecified atom stereocenters. The predicted molar refractivity (Wildman–Crippen MR) is 124 cm³/mol. The molecule has 0 bridgehead atoms. The number of carbonyl (C=O) groups excluding carboxylic acids is 1. The molecule has 4 rings (SSSR count). The van der Waals surface area contributed by atoms with E-state index >= 15 is 0 Å². The first-order valence-corrected chi connectivity index (χ1v) is 11.2. The Kier molecular flexibility index (Phi) is 6.97. The smallest absolute Gasteiger partial charge is 0.269 e. The van der Waals surface area contributed by atoms with Crippen LogP contribution in [0, 0.1) is 15.9 Å². The van der Waals surface area contributed by atoms with Crippen LogP contribution in [0.3, 0.4) is 0 Å². The molecule has 174 valence electrons. The maximum Gasteiger partial charge on any atom is 0.269 e. The molecule has 1 amide bonds. The van der Waals surface area contributed by atoms with E-state index in [2.05, 4.69) is 15.4 Å². The van der Waals surface area contributed by atoms with Gasteiger partial charge >= 0.3 is 0 Å². The van der Waals surface area contributed by atoms with Gasteiger partial charge in [-0.1, -0.05) is 12.1 Å². The van der Waals surface area contributed by atoms with Crippen LogP contribution in [-0.2, 0) is 17.9 Å². The molecule has 2 aromatic heterocycles. The summed E-state index contributed by atoms with van der Waals surface area (Å²) < 4.78 is 15.8. The summed E-state index contributed by atoms with van der Waals surface area (Å²) in [4.78, 5) is 40.5. The van der Waals surface area contributed by atoms with Crippen LogP contribution < -0.4 is 10.9 Å². The van der Waals surface area contributed by atoms with Gasteiger partial charge in [-0.25, -0.2) is 14.1 Å². The summed E-state index contributed by atoms with van der Waals surface area (Å²) in [6.45, 7) is 0.742. The van der Waals surface area contributed by atoms with E-state index in [4.69, 9.17) is 0 Å². The lowest BCUT2D eigenvalue weighted by Crippen LogP contribution is -2.29. The quantitative estimate of drug-likeness (QED) is 0.221. The van der Waals surface area contributed by atoms with Crippen molar-refractivity contribution in [1.82, 2.24) is 24.6 Å². The highest BCUT2D eigenvalue weighted by atomic mass is 32.2. The van der Waals surface area contributed by atoms with Gasteiger partial charge < -0.3 is 5.32 Å². The average molecular weight is 482 g/mol. The number of carbonyl (C=O) groups is 1. The Balaban J connectivity index is 1.36. The van der Waals surface area contributed by atoms with E-state index in [-0.39, 0.29) is 41.8 Å². The number of non-ortho nitro benzene ring substituents is 1. The molecule has 0 atom stereocenters. The predicted octanol–water partition coefficient (Wildman–Crippen LogP) is 2.60. The fourth-order valence-corrected chi connectivity index (χ4v) is 4.00. The summed E-state index contributed by atoms with van der Waals surface area (Å²) in [5.74, 6) is -0.325. The highest BCUT2D eigenvalue weighted by molar-refractivity contribution is 8.00. The Morgan fingerprint density at radius 1 is 1.21 bits per heavy atom. The van der Waals surface area contributed by atoms with Gasteiger partial charge in [-0.3, -0.25) is 24.3 Å². The lowest BCUT2D eigenvalue weighted by atomic mass is 10.2. The van der Waals surface area contributed by atoms with Crippen LogP contribution >= 0.6 is 11.8 Å². The van der Waals surface area contributed by atoms with Crippen LogP contribution in [-0.4, -0.2) is 42.5 Å². The molecule has 2 aromatic carbocycles. The number of nitro benzene ring substituents is 1. The molecule has 0 radical (unpaired) electrons. The second-order valence-corrected chi connectivity index (χ2v) is 8.35. The van der Waals surface area contributed by atoms with Gasteiger partial charge in [0.1, 0.15) is 17.5 Å². The summed E-state index contributed by atoms with van der Waals surface area (Å²) in [6.07, 6.45) is 2.79. The number of rotatable bonds is 9. The fraction of sp³-hybridized carbons (Fsp3) is 0.182. The fourth-order valence-electron chi connectivity index (χ4n) is 3.27. The first-order valence-electron chi connectivity index (χ1n) is 10.2. The zero-order valence-corrected chi connectivity index (χ0v) is 18.6. The van der Waals surface area contributed by atoms with Gasteiger partial charge in [0.15, 0.2) is 5.65 Å². The molecular weight excluding hydrogens is 463 g/mol. The maximum absolute atomic E-state index is 12.9. The molecule has 12 heteroatoms. The molecule has 0 aliphatic carbocycles. The Morgan fingerprint density at radius 2 is 2.00 bits per heavy atom. The molecule has 2 heterocycles. The van der Waals surface area contributed by atoms with Crippen molar-refractivity contribution in [2.75, 3.05) is 12.3 Å². The van der Waals surface area contributed by atoms with Crippen LogP contribution in [0.5, 0.6) is 0 Å². The van der Waals surface area contributed by atoms with Crippen LogP contribution in [0.25, 0.3) is 11.0 Å². The molecule has 4 aromatic rings. The van der Waals surface area contributed by atoms with Gasteiger partial charge in [0, 0.05) is 23.6 Å². The standard InChI is InChI=1S/C22H19FN6O4S/c23-16-4-6-18(7-5-16)34-13-20(30)24-8-9-28-21-19(11-26-28)22(31)27(14-25-21)12-15-2-1-3-17(10-15)29(32)33/h1-7,10-11,14H,8-9,12-13H2,(H,24,30). The third-order valence-corrected chi connectivity index (χ3v) is 5.94. The van der Waals surface area contributed by atoms with E-state index in [9.17, 15) is 24.1 Å². The minimum absolute atomic E-state index is 0.0504. The van der Waals surface area contributed by atoms with Gasteiger partial charge in [-0.15, -0.1) is 11.8 Å². The monoisotopic (exact) mass is 482 g/mol. The van der Waals surface area contributed by atoms with Crippen molar-refractivity contribution < 1.29 is 14.1 Å². The van der Waals surface area contributed by atoms with Gasteiger partial charge in [0.05, 0.1) is 30.0 Å². The summed E-state index contributed by atoms with van der Waals surface area (Å²) in [5.41, 5.74) is 0.620. The Hall–Kier alpha value is -4.06. The van der Waals surface area contributed by atoms with Crippen molar-refractivity contribution in [1.29, 1.82) is 0 Å². The van der Waals surface area contributed by atoms with Crippen molar-refractivity contribution in [3.8, 4) is 0 Å². The van der Waals surface area contributed by atoms with Crippen molar-refractivity contribution in [3.05, 3.63) is 92.9 Å². The van der Waals surface area contributed by atoms with Gasteiger partial charge in [0.2, 0.25) is 5.91 Å². The summed E-state index contributed by atoms with van der Waals surface area (Å²) in [6, 6.07) is 12.0. The normalized spacial score (nSPS) is 11.0. The van der Waals surface area contributed by atoms with E-state index in [1.807, 2.05) is 0 Å². The number of nitrogens with zero attached hydrogens (tertiary/aromatic N) is 5. The molecular formula is C22H19FN6O4S. The number of amides is 1. The Morgan fingerprint density at radius 3 is 2.76 bits per heavy atom. The van der Waals surface area contributed by atoms with Crippen molar-refractivity contribution >= 4 is 34.4 Å². The highest BCUT2D eigenvalue weighted by Crippen LogP contribution is 2.17. The van der Waals surface area contributed by atoms with E-state index in [1.54, 1.807) is 24.3 Å². The molecule has 0 fully saturated rings. The van der Waals surface area contributed by atoms with Crippen LogP contribution in [0.15, 0.2) is 70.7 Å². The zero-order chi connectivity index (χ0) is 24.1. The topological polar surface area (TPSA) is 125 Å². The zero-order valence-electron chi connectivity index (χ0n) is 17.8. The SMILES string of the molecule is O=C(CSc1ccc(F)cc1)NCCn1ncc2c(=O)n(Cc3cccc([N+](=O)[O-])c3)cnc21. The summed E-state index contributed by atoms with van der Waals surface area (Å²) in [5, 5.41) is 18.3. The molecule has 0 saturated heterocycles. The molecule has 0 aliphatic heterocycles. The number of nitrogens with one attached hydrogen (secondary N) is 1. The van der Waals surface area contributed by atoms with E-state index < -0.39 is 4.92 Å². The van der Waals surface area contributed by atoms with E-state index in [1.165, 1.54) is 57.8 Å². The molecule has 0 aliphatic rings. The summed E-state index contributed by atoms with van der Waals surface area (Å²) >= 11 is 1.30. The maximum atomic E-state index is 12.9. The second kappa shape index (κ2) is 10.3.